The van der Waals surface area contributed by atoms with Gasteiger partial charge in [0.25, 0.3) is 5.91 Å². The van der Waals surface area contributed by atoms with E-state index in [1.54, 1.807) is 0 Å². The zero-order valence-corrected chi connectivity index (χ0v) is 13.0. The molecule has 4 heteroatoms. The Morgan fingerprint density at radius 2 is 1.64 bits per heavy atom. The summed E-state index contributed by atoms with van der Waals surface area (Å²) < 4.78 is 0. The van der Waals surface area contributed by atoms with Gasteiger partial charge >= 0.3 is 0 Å². The fraction of sp³-hybridized carbons (Fsp3) is 0.0556. The highest BCUT2D eigenvalue weighted by atomic mass is 32.1. The molecule has 3 aromatic rings. The van der Waals surface area contributed by atoms with Gasteiger partial charge in [-0.3, -0.25) is 4.79 Å². The Labute approximate surface area is 133 Å². The number of nitrogens with one attached hydrogen (secondary N) is 2. The number of benzene rings is 2. The summed E-state index contributed by atoms with van der Waals surface area (Å²) in [5.74, 6) is -0.0654. The topological polar surface area (TPSA) is 41.1 Å². The summed E-state index contributed by atoms with van der Waals surface area (Å²) in [5, 5.41) is 8.19. The SMILES string of the molecule is Cc1ccsc1C(=O)Nc1cccc(Nc2ccccc2)c1. The number of hydrogen-bond donors (Lipinski definition) is 2. The van der Waals surface area contributed by atoms with Crippen LogP contribution in [0.1, 0.15) is 15.2 Å². The third-order valence-corrected chi connectivity index (χ3v) is 4.27. The molecule has 1 heterocycles. The molecule has 3 nitrogen and oxygen atoms in total. The van der Waals surface area contributed by atoms with Crippen LogP contribution < -0.4 is 10.6 Å². The quantitative estimate of drug-likeness (QED) is 0.708. The third-order valence-electron chi connectivity index (χ3n) is 3.25. The number of rotatable bonds is 4. The maximum atomic E-state index is 12.2. The lowest BCUT2D eigenvalue weighted by Crippen LogP contribution is -2.11. The summed E-state index contributed by atoms with van der Waals surface area (Å²) in [6.07, 6.45) is 0. The average Bonchev–Trinajstić information content (AvgIpc) is 2.95. The number of para-hydroxylation sites is 1. The van der Waals surface area contributed by atoms with Crippen molar-refractivity contribution in [3.05, 3.63) is 76.5 Å². The Morgan fingerprint density at radius 1 is 0.909 bits per heavy atom. The molecule has 0 atom stereocenters. The van der Waals surface area contributed by atoms with Crippen LogP contribution in [0.4, 0.5) is 17.1 Å². The maximum absolute atomic E-state index is 12.2. The van der Waals surface area contributed by atoms with E-state index in [1.165, 1.54) is 11.3 Å². The van der Waals surface area contributed by atoms with Crippen molar-refractivity contribution in [2.75, 3.05) is 10.6 Å². The molecule has 0 bridgehead atoms. The van der Waals surface area contributed by atoms with E-state index in [0.29, 0.717) is 0 Å². The molecule has 0 unspecified atom stereocenters. The smallest absolute Gasteiger partial charge is 0.265 e. The van der Waals surface area contributed by atoms with E-state index in [2.05, 4.69) is 10.6 Å². The highest BCUT2D eigenvalue weighted by Gasteiger charge is 2.10. The standard InChI is InChI=1S/C18H16N2OS/c1-13-10-11-22-17(13)18(21)20-16-9-5-8-15(12-16)19-14-6-3-2-4-7-14/h2-12,19H,1H3,(H,20,21). The molecular formula is C18H16N2OS. The highest BCUT2D eigenvalue weighted by Crippen LogP contribution is 2.22. The van der Waals surface area contributed by atoms with E-state index >= 15 is 0 Å². The first-order valence-electron chi connectivity index (χ1n) is 7.00. The molecule has 2 N–H and O–H groups in total. The van der Waals surface area contributed by atoms with Gasteiger partial charge in [0.05, 0.1) is 4.88 Å². The minimum absolute atomic E-state index is 0.0654. The molecule has 0 aliphatic carbocycles. The Morgan fingerprint density at radius 3 is 2.36 bits per heavy atom. The third kappa shape index (κ3) is 3.35. The largest absolute Gasteiger partial charge is 0.355 e. The predicted octanol–water partition coefficient (Wildman–Crippen LogP) is 5.05. The molecule has 0 fully saturated rings. The summed E-state index contributed by atoms with van der Waals surface area (Å²) in [6, 6.07) is 19.6. The van der Waals surface area contributed by atoms with Crippen molar-refractivity contribution in [2.45, 2.75) is 6.92 Å². The summed E-state index contributed by atoms with van der Waals surface area (Å²) in [4.78, 5) is 13.0. The van der Waals surface area contributed by atoms with Crippen LogP contribution in [0.2, 0.25) is 0 Å². The van der Waals surface area contributed by atoms with Gasteiger partial charge in [0, 0.05) is 17.1 Å². The molecule has 1 amide bonds. The summed E-state index contributed by atoms with van der Waals surface area (Å²) >= 11 is 1.46. The van der Waals surface area contributed by atoms with Crippen LogP contribution in [0.25, 0.3) is 0 Å². The van der Waals surface area contributed by atoms with Gasteiger partial charge in [-0.1, -0.05) is 24.3 Å². The van der Waals surface area contributed by atoms with Crippen molar-refractivity contribution >= 4 is 34.3 Å². The summed E-state index contributed by atoms with van der Waals surface area (Å²) in [6.45, 7) is 1.94. The zero-order valence-electron chi connectivity index (χ0n) is 12.2. The number of aryl methyl sites for hydroxylation is 1. The lowest BCUT2D eigenvalue weighted by molar-refractivity contribution is 0.103. The fourth-order valence-corrected chi connectivity index (χ4v) is 2.98. The average molecular weight is 308 g/mol. The first-order chi connectivity index (χ1) is 10.7. The molecule has 0 spiro atoms. The molecule has 0 aliphatic rings. The Hall–Kier alpha value is -2.59. The van der Waals surface area contributed by atoms with Gasteiger partial charge in [-0.15, -0.1) is 11.3 Å². The van der Waals surface area contributed by atoms with E-state index in [-0.39, 0.29) is 5.91 Å². The van der Waals surface area contributed by atoms with E-state index < -0.39 is 0 Å². The molecule has 0 saturated carbocycles. The fourth-order valence-electron chi connectivity index (χ4n) is 2.16. The zero-order chi connectivity index (χ0) is 15.4. The summed E-state index contributed by atoms with van der Waals surface area (Å²) in [7, 11) is 0. The number of amides is 1. The van der Waals surface area contributed by atoms with Crippen LogP contribution in [0.15, 0.2) is 66.0 Å². The molecule has 0 aliphatic heterocycles. The number of carbonyl (C=O) groups is 1. The second kappa shape index (κ2) is 6.45. The van der Waals surface area contributed by atoms with E-state index in [4.69, 9.17) is 0 Å². The molecule has 2 aromatic carbocycles. The summed E-state index contributed by atoms with van der Waals surface area (Å²) in [5.41, 5.74) is 3.73. The van der Waals surface area contributed by atoms with Crippen molar-refractivity contribution in [1.29, 1.82) is 0 Å². The van der Waals surface area contributed by atoms with Gasteiger partial charge in [0.1, 0.15) is 0 Å². The molecule has 0 saturated heterocycles. The number of carbonyl (C=O) groups excluding carboxylic acids is 1. The van der Waals surface area contributed by atoms with E-state index in [1.807, 2.05) is 73.0 Å². The van der Waals surface area contributed by atoms with Crippen LogP contribution in [-0.4, -0.2) is 5.91 Å². The molecule has 22 heavy (non-hydrogen) atoms. The first kappa shape index (κ1) is 14.4. The van der Waals surface area contributed by atoms with Crippen molar-refractivity contribution in [3.8, 4) is 0 Å². The van der Waals surface area contributed by atoms with Crippen LogP contribution in [0.3, 0.4) is 0 Å². The van der Waals surface area contributed by atoms with Crippen LogP contribution in [0.5, 0.6) is 0 Å². The van der Waals surface area contributed by atoms with Crippen molar-refractivity contribution in [3.63, 3.8) is 0 Å². The minimum atomic E-state index is -0.0654. The monoisotopic (exact) mass is 308 g/mol. The van der Waals surface area contributed by atoms with Gasteiger partial charge in [-0.05, 0) is 54.3 Å². The highest BCUT2D eigenvalue weighted by molar-refractivity contribution is 7.12. The lowest BCUT2D eigenvalue weighted by Gasteiger charge is -2.09. The van der Waals surface area contributed by atoms with Crippen molar-refractivity contribution in [2.24, 2.45) is 0 Å². The molecule has 3 rings (SSSR count). The number of hydrogen-bond acceptors (Lipinski definition) is 3. The predicted molar refractivity (Wildman–Crippen MR) is 93.2 cm³/mol. The van der Waals surface area contributed by atoms with Crippen molar-refractivity contribution < 1.29 is 4.79 Å². The molecule has 0 radical (unpaired) electrons. The number of anilines is 3. The van der Waals surface area contributed by atoms with Crippen molar-refractivity contribution in [1.82, 2.24) is 0 Å². The lowest BCUT2D eigenvalue weighted by atomic mass is 10.2. The van der Waals surface area contributed by atoms with Gasteiger partial charge < -0.3 is 10.6 Å². The van der Waals surface area contributed by atoms with Crippen LogP contribution >= 0.6 is 11.3 Å². The Balaban J connectivity index is 1.74. The van der Waals surface area contributed by atoms with Gasteiger partial charge in [0.2, 0.25) is 0 Å². The maximum Gasteiger partial charge on any atom is 0.265 e. The van der Waals surface area contributed by atoms with E-state index in [0.717, 1.165) is 27.5 Å². The van der Waals surface area contributed by atoms with Gasteiger partial charge in [-0.2, -0.15) is 0 Å². The Kier molecular flexibility index (Phi) is 4.21. The van der Waals surface area contributed by atoms with Crippen LogP contribution in [-0.2, 0) is 0 Å². The second-order valence-electron chi connectivity index (χ2n) is 4.96. The van der Waals surface area contributed by atoms with E-state index in [9.17, 15) is 4.79 Å². The minimum Gasteiger partial charge on any atom is -0.355 e. The van der Waals surface area contributed by atoms with Gasteiger partial charge in [0.15, 0.2) is 0 Å². The molecular weight excluding hydrogens is 292 g/mol. The first-order valence-corrected chi connectivity index (χ1v) is 7.88. The van der Waals surface area contributed by atoms with Gasteiger partial charge in [-0.25, -0.2) is 0 Å². The second-order valence-corrected chi connectivity index (χ2v) is 5.87. The molecule has 1 aromatic heterocycles. The Bertz CT molecular complexity index is 781. The van der Waals surface area contributed by atoms with Crippen LogP contribution in [0, 0.1) is 6.92 Å². The molecule has 110 valence electrons. The normalized spacial score (nSPS) is 10.2. The number of thiophene rings is 1.